The first-order valence-electron chi connectivity index (χ1n) is 6.00. The van der Waals surface area contributed by atoms with E-state index in [2.05, 4.69) is 40.3 Å². The van der Waals surface area contributed by atoms with Crippen LogP contribution in [0.4, 0.5) is 11.8 Å². The molecule has 0 spiro atoms. The van der Waals surface area contributed by atoms with E-state index in [4.69, 9.17) is 11.5 Å². The van der Waals surface area contributed by atoms with Crippen molar-refractivity contribution >= 4 is 34.1 Å². The largest absolute Gasteiger partial charge is 0.382 e. The third-order valence-corrected chi connectivity index (χ3v) is 2.75. The Hall–Kier alpha value is -3.57. The molecule has 0 saturated heterocycles. The van der Waals surface area contributed by atoms with Crippen molar-refractivity contribution in [3.63, 3.8) is 0 Å². The van der Waals surface area contributed by atoms with Crippen LogP contribution >= 0.6 is 0 Å². The molecule has 112 valence electrons. The smallest absolute Gasteiger partial charge is 0.282 e. The maximum atomic E-state index is 11.0. The number of nitrogen functional groups attached to an aromatic ring is 2. The van der Waals surface area contributed by atoms with Gasteiger partial charge in [-0.2, -0.15) is 10.2 Å². The first kappa shape index (κ1) is 13.4. The van der Waals surface area contributed by atoms with Gasteiger partial charge in [-0.15, -0.1) is 10.2 Å². The van der Waals surface area contributed by atoms with Gasteiger partial charge in [-0.3, -0.25) is 9.78 Å². The van der Waals surface area contributed by atoms with E-state index in [1.54, 1.807) is 10.9 Å². The number of aryl methyl sites for hydroxylation is 1. The molecule has 0 aromatic carbocycles. The van der Waals surface area contributed by atoms with Crippen molar-refractivity contribution in [3.05, 3.63) is 23.0 Å². The highest BCUT2D eigenvalue weighted by molar-refractivity contribution is 5.81. The number of hydrogen-bond acceptors (Lipinski definition) is 9. The molecule has 12 heteroatoms. The molecule has 0 saturated carbocycles. The van der Waals surface area contributed by atoms with Crippen molar-refractivity contribution in [3.8, 4) is 0 Å². The second-order valence-corrected chi connectivity index (χ2v) is 4.23. The molecule has 0 aliphatic rings. The van der Waals surface area contributed by atoms with Crippen molar-refractivity contribution in [2.75, 3.05) is 11.5 Å². The summed E-state index contributed by atoms with van der Waals surface area (Å²) in [6.07, 6.45) is 3.07. The van der Waals surface area contributed by atoms with E-state index in [-0.39, 0.29) is 22.7 Å². The lowest BCUT2D eigenvalue weighted by Gasteiger charge is -1.95. The van der Waals surface area contributed by atoms with E-state index in [1.807, 2.05) is 7.05 Å². The molecule has 4 aromatic rings. The number of hydrogen-bond donors (Lipinski definition) is 4. The Morgan fingerprint density at radius 1 is 1.14 bits per heavy atom. The molecule has 22 heavy (non-hydrogen) atoms. The summed E-state index contributed by atoms with van der Waals surface area (Å²) in [4.78, 5) is 28.8. The Balaban J connectivity index is 0.000000131. The van der Waals surface area contributed by atoms with Gasteiger partial charge < -0.3 is 16.0 Å². The molecule has 0 atom stereocenters. The molecular formula is C10H11N11O. The molecule has 0 unspecified atom stereocenters. The molecule has 4 rings (SSSR count). The van der Waals surface area contributed by atoms with Crippen molar-refractivity contribution in [1.82, 2.24) is 44.9 Å². The van der Waals surface area contributed by atoms with Crippen molar-refractivity contribution in [2.24, 2.45) is 7.05 Å². The standard InChI is InChI=1S/C6H7N5.C4H4N6O/c1-11-3-10-6-4(11)5(7)8-2-9-6;5-4-6-2-1(3(11)7-4)8-10-9-2/h2-3H,1H3,(H2,7,8,9);(H4,5,6,7,8,9,10,11). The molecule has 0 bridgehead atoms. The zero-order chi connectivity index (χ0) is 15.7. The van der Waals surface area contributed by atoms with Crippen LogP contribution in [0.15, 0.2) is 17.4 Å². The first-order chi connectivity index (χ1) is 10.6. The van der Waals surface area contributed by atoms with E-state index >= 15 is 0 Å². The number of aromatic nitrogens is 9. The van der Waals surface area contributed by atoms with Crippen LogP contribution < -0.4 is 17.0 Å². The van der Waals surface area contributed by atoms with E-state index in [0.29, 0.717) is 11.5 Å². The topological polar surface area (TPSA) is 183 Å². The van der Waals surface area contributed by atoms with Gasteiger partial charge in [0.2, 0.25) is 11.6 Å². The fourth-order valence-corrected chi connectivity index (χ4v) is 1.79. The molecule has 6 N–H and O–H groups in total. The zero-order valence-corrected chi connectivity index (χ0v) is 11.3. The van der Waals surface area contributed by atoms with Crippen LogP contribution in [0.1, 0.15) is 0 Å². The Bertz CT molecular complexity index is 997. The lowest BCUT2D eigenvalue weighted by atomic mass is 10.5. The molecule has 12 nitrogen and oxygen atoms in total. The highest BCUT2D eigenvalue weighted by atomic mass is 16.1. The lowest BCUT2D eigenvalue weighted by molar-refractivity contribution is 0.946. The van der Waals surface area contributed by atoms with Crippen LogP contribution in [0, 0.1) is 0 Å². The van der Waals surface area contributed by atoms with Gasteiger partial charge in [-0.1, -0.05) is 0 Å². The van der Waals surface area contributed by atoms with Crippen molar-refractivity contribution in [1.29, 1.82) is 0 Å². The number of aromatic amines is 2. The second kappa shape index (κ2) is 5.08. The van der Waals surface area contributed by atoms with Gasteiger partial charge in [0, 0.05) is 7.05 Å². The quantitative estimate of drug-likeness (QED) is 0.302. The number of anilines is 2. The van der Waals surface area contributed by atoms with Gasteiger partial charge in [-0.05, 0) is 0 Å². The van der Waals surface area contributed by atoms with Gasteiger partial charge in [0.1, 0.15) is 11.8 Å². The van der Waals surface area contributed by atoms with Gasteiger partial charge in [0.25, 0.3) is 5.56 Å². The summed E-state index contributed by atoms with van der Waals surface area (Å²) in [5.74, 6) is 0.506. The Morgan fingerprint density at radius 2 is 1.95 bits per heavy atom. The fourth-order valence-electron chi connectivity index (χ4n) is 1.79. The molecule has 0 aliphatic heterocycles. The normalized spacial score (nSPS) is 10.6. The summed E-state index contributed by atoms with van der Waals surface area (Å²) in [5.41, 5.74) is 12.3. The van der Waals surface area contributed by atoms with Crippen LogP contribution in [-0.4, -0.2) is 44.9 Å². The van der Waals surface area contributed by atoms with Crippen LogP contribution in [0.5, 0.6) is 0 Å². The minimum Gasteiger partial charge on any atom is -0.382 e. The Kier molecular flexibility index (Phi) is 3.10. The maximum absolute atomic E-state index is 11.0. The molecule has 0 aliphatic carbocycles. The summed E-state index contributed by atoms with van der Waals surface area (Å²) in [6.45, 7) is 0. The number of nitrogens with one attached hydrogen (secondary N) is 2. The monoisotopic (exact) mass is 301 g/mol. The summed E-state index contributed by atoms with van der Waals surface area (Å²) in [6, 6.07) is 0. The average molecular weight is 301 g/mol. The predicted octanol–water partition coefficient (Wildman–Crippen LogP) is -1.43. The fraction of sp³-hybridized carbons (Fsp3) is 0.100. The first-order valence-corrected chi connectivity index (χ1v) is 6.00. The van der Waals surface area contributed by atoms with Crippen molar-refractivity contribution in [2.45, 2.75) is 0 Å². The summed E-state index contributed by atoms with van der Waals surface area (Å²) < 4.78 is 1.80. The highest BCUT2D eigenvalue weighted by Gasteiger charge is 2.04. The Morgan fingerprint density at radius 3 is 2.73 bits per heavy atom. The van der Waals surface area contributed by atoms with Gasteiger partial charge >= 0.3 is 0 Å². The summed E-state index contributed by atoms with van der Waals surface area (Å²) >= 11 is 0. The van der Waals surface area contributed by atoms with E-state index < -0.39 is 0 Å². The van der Waals surface area contributed by atoms with Gasteiger partial charge in [0.05, 0.1) is 6.33 Å². The Labute approximate surface area is 121 Å². The van der Waals surface area contributed by atoms with E-state index in [9.17, 15) is 4.79 Å². The SMILES string of the molecule is Cn1cnc2ncnc(N)c21.Nc1nc2n[nH]nc2c(=O)[nH]1. The van der Waals surface area contributed by atoms with E-state index in [0.717, 1.165) is 5.52 Å². The summed E-state index contributed by atoms with van der Waals surface area (Å²) in [5, 5.41) is 9.42. The number of H-pyrrole nitrogens is 2. The predicted molar refractivity (Wildman–Crippen MR) is 77.4 cm³/mol. The highest BCUT2D eigenvalue weighted by Crippen LogP contribution is 2.12. The molecule has 4 aromatic heterocycles. The molecule has 0 radical (unpaired) electrons. The average Bonchev–Trinajstić information content (AvgIpc) is 3.07. The summed E-state index contributed by atoms with van der Waals surface area (Å²) in [7, 11) is 1.86. The third-order valence-electron chi connectivity index (χ3n) is 2.75. The van der Waals surface area contributed by atoms with Gasteiger partial charge in [-0.25, -0.2) is 15.0 Å². The minimum absolute atomic E-state index is 0.0383. The van der Waals surface area contributed by atoms with Gasteiger partial charge in [0.15, 0.2) is 17.0 Å². The third kappa shape index (κ3) is 2.28. The van der Waals surface area contributed by atoms with Crippen LogP contribution in [0.2, 0.25) is 0 Å². The van der Waals surface area contributed by atoms with E-state index in [1.165, 1.54) is 6.33 Å². The minimum atomic E-state index is -0.388. The second-order valence-electron chi connectivity index (χ2n) is 4.23. The molecule has 4 heterocycles. The molecular weight excluding hydrogens is 290 g/mol. The number of nitrogens with zero attached hydrogens (tertiary/aromatic N) is 7. The molecule has 0 amide bonds. The molecule has 0 fully saturated rings. The lowest BCUT2D eigenvalue weighted by Crippen LogP contribution is -2.10. The number of fused-ring (bicyclic) bond motifs is 2. The van der Waals surface area contributed by atoms with Crippen LogP contribution in [0.25, 0.3) is 22.3 Å². The number of nitrogens with two attached hydrogens (primary N) is 2. The maximum Gasteiger partial charge on any atom is 0.282 e. The number of rotatable bonds is 0. The number of imidazole rings is 1. The van der Waals surface area contributed by atoms with Crippen LogP contribution in [-0.2, 0) is 7.05 Å². The van der Waals surface area contributed by atoms with Crippen LogP contribution in [0.3, 0.4) is 0 Å². The van der Waals surface area contributed by atoms with Crippen molar-refractivity contribution < 1.29 is 0 Å². The zero-order valence-electron chi connectivity index (χ0n) is 11.3.